The molecule has 0 unspecified atom stereocenters. The van der Waals surface area contributed by atoms with Gasteiger partial charge in [-0.15, -0.1) is 0 Å². The van der Waals surface area contributed by atoms with Crippen molar-refractivity contribution in [2.24, 2.45) is 0 Å². The Hall–Kier alpha value is -6.42. The fourth-order valence-corrected chi connectivity index (χ4v) is 5.28. The molecule has 0 aliphatic heterocycles. The number of ketones is 3. The summed E-state index contributed by atoms with van der Waals surface area (Å²) < 4.78 is 32.8. The first-order valence-electron chi connectivity index (χ1n) is 18.8. The molecular weight excluding hydrogens is 780 g/mol. The second-order valence-electron chi connectivity index (χ2n) is 15.0. The molecule has 318 valence electrons. The molecule has 15 nitrogen and oxygen atoms in total. The van der Waals surface area contributed by atoms with Gasteiger partial charge in [0, 0.05) is 16.7 Å². The van der Waals surface area contributed by atoms with E-state index in [9.17, 15) is 44.1 Å². The normalized spacial score (nSPS) is 11.6. The molecule has 0 spiro atoms. The number of ether oxygens (including phenoxy) is 6. The summed E-state index contributed by atoms with van der Waals surface area (Å²) >= 11 is 0. The van der Waals surface area contributed by atoms with Crippen LogP contribution in [0.15, 0.2) is 91.0 Å². The van der Waals surface area contributed by atoms with Crippen LogP contribution in [0.1, 0.15) is 104 Å². The van der Waals surface area contributed by atoms with Gasteiger partial charge in [0.2, 0.25) is 0 Å². The Morgan fingerprint density at radius 3 is 0.783 bits per heavy atom. The van der Waals surface area contributed by atoms with Crippen molar-refractivity contribution in [3.05, 3.63) is 124 Å². The number of aliphatic hydroxyl groups is 3. The smallest absolute Gasteiger partial charge is 0.338 e. The molecule has 0 saturated carbocycles. The zero-order chi connectivity index (χ0) is 44.3. The number of Topliss-reactive ketones (excluding diaryl/α,β-unsaturated/α-hetero) is 3. The van der Waals surface area contributed by atoms with Crippen LogP contribution in [0.2, 0.25) is 0 Å². The lowest BCUT2D eigenvalue weighted by molar-refractivity contribution is 0.0442. The molecule has 0 saturated heterocycles. The minimum absolute atomic E-state index is 0.0853. The van der Waals surface area contributed by atoms with Crippen molar-refractivity contribution >= 4 is 35.3 Å². The summed E-state index contributed by atoms with van der Waals surface area (Å²) in [6.07, 6.45) is 0. The van der Waals surface area contributed by atoms with E-state index in [1.807, 2.05) is 0 Å². The molecule has 0 atom stereocenters. The van der Waals surface area contributed by atoms with Crippen LogP contribution in [0, 0.1) is 0 Å². The maximum Gasteiger partial charge on any atom is 0.338 e. The van der Waals surface area contributed by atoms with E-state index < -0.39 is 52.1 Å². The Balaban J connectivity index is 1.37. The van der Waals surface area contributed by atoms with Crippen molar-refractivity contribution < 1.29 is 72.5 Å². The average molecular weight is 829 g/mol. The van der Waals surface area contributed by atoms with Crippen molar-refractivity contribution in [2.75, 3.05) is 39.6 Å². The summed E-state index contributed by atoms with van der Waals surface area (Å²) in [5, 5.41) is 29.9. The number of hydrogen-bond acceptors (Lipinski definition) is 15. The molecule has 4 rings (SSSR count). The highest BCUT2D eigenvalue weighted by Crippen LogP contribution is 2.21. The van der Waals surface area contributed by atoms with Crippen LogP contribution < -0.4 is 14.2 Å². The Morgan fingerprint density at radius 2 is 0.583 bits per heavy atom. The first-order valence-corrected chi connectivity index (χ1v) is 18.8. The highest BCUT2D eigenvalue weighted by atomic mass is 16.6. The Kier molecular flexibility index (Phi) is 15.4. The summed E-state index contributed by atoms with van der Waals surface area (Å²) in [5.74, 6) is -2.95. The molecule has 0 bridgehead atoms. The van der Waals surface area contributed by atoms with E-state index in [4.69, 9.17) is 28.4 Å². The minimum atomic E-state index is -1.54. The lowest BCUT2D eigenvalue weighted by Crippen LogP contribution is -2.30. The molecule has 0 fully saturated rings. The van der Waals surface area contributed by atoms with Gasteiger partial charge in [0.15, 0.2) is 17.3 Å². The summed E-state index contributed by atoms with van der Waals surface area (Å²) in [7, 11) is 0. The van der Waals surface area contributed by atoms with Crippen molar-refractivity contribution in [1.29, 1.82) is 0 Å². The van der Waals surface area contributed by atoms with Crippen molar-refractivity contribution in [1.82, 2.24) is 0 Å². The van der Waals surface area contributed by atoms with Gasteiger partial charge in [-0.25, -0.2) is 14.4 Å². The first kappa shape index (κ1) is 46.3. The van der Waals surface area contributed by atoms with Gasteiger partial charge in [-0.05, 0) is 133 Å². The number of carbonyl (C=O) groups excluding carboxylic acids is 6. The van der Waals surface area contributed by atoms with E-state index in [0.29, 0.717) is 17.2 Å². The summed E-state index contributed by atoms with van der Waals surface area (Å²) in [6.45, 7) is 7.36. The SMILES string of the molecule is CC(C)(O)C(=O)c1ccc(OCCOC(=O)c2cc(C(=O)OCCOc3ccc(C(=O)C(C)(C)O)cc3)cc(C(=O)OCCOc3ccc(C(=O)C(C)(C)O)cc3)c2)cc1. The van der Waals surface area contributed by atoms with Gasteiger partial charge in [0.05, 0.1) is 16.7 Å². The Labute approximate surface area is 346 Å². The molecule has 0 amide bonds. The molecule has 60 heavy (non-hydrogen) atoms. The van der Waals surface area contributed by atoms with E-state index in [0.717, 1.165) is 0 Å². The zero-order valence-corrected chi connectivity index (χ0v) is 34.1. The summed E-state index contributed by atoms with van der Waals surface area (Å²) in [6, 6.07) is 21.7. The van der Waals surface area contributed by atoms with E-state index in [2.05, 4.69) is 0 Å². The highest BCUT2D eigenvalue weighted by Gasteiger charge is 2.27. The predicted molar refractivity (Wildman–Crippen MR) is 215 cm³/mol. The number of hydrogen-bond donors (Lipinski definition) is 3. The maximum absolute atomic E-state index is 13.1. The third-order valence-corrected chi connectivity index (χ3v) is 8.41. The van der Waals surface area contributed by atoms with Crippen LogP contribution in [-0.4, -0.2) is 107 Å². The van der Waals surface area contributed by atoms with Gasteiger partial charge in [-0.1, -0.05) is 0 Å². The second-order valence-corrected chi connectivity index (χ2v) is 15.0. The highest BCUT2D eigenvalue weighted by molar-refractivity contribution is 6.03. The zero-order valence-electron chi connectivity index (χ0n) is 34.1. The molecule has 0 heterocycles. The second kappa shape index (κ2) is 20.0. The van der Waals surface area contributed by atoms with Gasteiger partial charge in [-0.3, -0.25) is 14.4 Å². The average Bonchev–Trinajstić information content (AvgIpc) is 3.21. The largest absolute Gasteiger partial charge is 0.490 e. The minimum Gasteiger partial charge on any atom is -0.490 e. The molecule has 0 radical (unpaired) electrons. The number of benzene rings is 4. The molecular formula is C45H48O15. The van der Waals surface area contributed by atoms with Gasteiger partial charge < -0.3 is 43.7 Å². The van der Waals surface area contributed by atoms with E-state index >= 15 is 0 Å². The Bertz CT molecular complexity index is 1890. The van der Waals surface area contributed by atoms with E-state index in [-0.39, 0.29) is 73.0 Å². The van der Waals surface area contributed by atoms with Gasteiger partial charge in [-0.2, -0.15) is 0 Å². The molecule has 0 aromatic heterocycles. The lowest BCUT2D eigenvalue weighted by atomic mass is 9.97. The lowest BCUT2D eigenvalue weighted by Gasteiger charge is -2.15. The fourth-order valence-electron chi connectivity index (χ4n) is 5.28. The maximum atomic E-state index is 13.1. The number of esters is 3. The summed E-state index contributed by atoms with van der Waals surface area (Å²) in [4.78, 5) is 76.2. The monoisotopic (exact) mass is 828 g/mol. The Morgan fingerprint density at radius 1 is 0.367 bits per heavy atom. The fraction of sp³-hybridized carbons (Fsp3) is 0.333. The van der Waals surface area contributed by atoms with Gasteiger partial charge in [0.1, 0.15) is 73.7 Å². The standard InChI is InChI=1S/C45H48O15/c1-43(2,52)37(46)28-7-13-34(14-8-28)55-19-22-58-40(49)31-25-32(41(50)59-23-20-56-35-15-9-29(10-16-35)38(47)44(3,4)53)27-33(26-31)42(51)60-24-21-57-36-17-11-30(12-18-36)39(48)45(5,6)54/h7-18,25-27,52-54H,19-24H2,1-6H3. The predicted octanol–water partition coefficient (Wildman–Crippen LogP) is 5.25. The van der Waals surface area contributed by atoms with Gasteiger partial charge >= 0.3 is 17.9 Å². The molecule has 4 aromatic carbocycles. The number of carbonyl (C=O) groups is 6. The van der Waals surface area contributed by atoms with Crippen LogP contribution in [0.3, 0.4) is 0 Å². The van der Waals surface area contributed by atoms with Crippen molar-refractivity contribution in [2.45, 2.75) is 58.3 Å². The van der Waals surface area contributed by atoms with E-state index in [1.54, 1.807) is 0 Å². The summed E-state index contributed by atoms with van der Waals surface area (Å²) in [5.41, 5.74) is -4.27. The topological polar surface area (TPSA) is 218 Å². The molecule has 3 N–H and O–H groups in total. The first-order chi connectivity index (χ1) is 28.1. The molecule has 4 aromatic rings. The van der Waals surface area contributed by atoms with E-state index in [1.165, 1.54) is 133 Å². The van der Waals surface area contributed by atoms with Crippen LogP contribution in [0.4, 0.5) is 0 Å². The quantitative estimate of drug-likeness (QED) is 0.0423. The van der Waals surface area contributed by atoms with Crippen molar-refractivity contribution in [3.8, 4) is 17.2 Å². The van der Waals surface area contributed by atoms with Gasteiger partial charge in [0.25, 0.3) is 0 Å². The van der Waals surface area contributed by atoms with Crippen LogP contribution in [0.5, 0.6) is 17.2 Å². The molecule has 15 heteroatoms. The third kappa shape index (κ3) is 13.6. The van der Waals surface area contributed by atoms with Crippen LogP contribution >= 0.6 is 0 Å². The van der Waals surface area contributed by atoms with Crippen LogP contribution in [-0.2, 0) is 14.2 Å². The number of rotatable bonds is 21. The van der Waals surface area contributed by atoms with Crippen molar-refractivity contribution in [3.63, 3.8) is 0 Å². The molecule has 0 aliphatic rings. The molecule has 0 aliphatic carbocycles. The van der Waals surface area contributed by atoms with Crippen LogP contribution in [0.25, 0.3) is 0 Å². The third-order valence-electron chi connectivity index (χ3n) is 8.41.